The summed E-state index contributed by atoms with van der Waals surface area (Å²) < 4.78 is 27.1. The quantitative estimate of drug-likeness (QED) is 0.717. The number of rotatable bonds is 6. The maximum Gasteiger partial charge on any atom is 0.209 e. The number of benzene rings is 1. The fourth-order valence-electron chi connectivity index (χ4n) is 2.90. The van der Waals surface area contributed by atoms with Gasteiger partial charge in [-0.05, 0) is 23.6 Å². The highest BCUT2D eigenvalue weighted by molar-refractivity contribution is 7.88. The lowest BCUT2D eigenvalue weighted by Gasteiger charge is -2.22. The summed E-state index contributed by atoms with van der Waals surface area (Å²) in [5, 5.41) is 0. The molecule has 3 aromatic rings. The first kappa shape index (κ1) is 18.3. The number of nitrogens with zero attached hydrogens (tertiary/aromatic N) is 4. The number of fused-ring (bicyclic) bond motifs is 1. The smallest absolute Gasteiger partial charge is 0.209 e. The highest BCUT2D eigenvalue weighted by atomic mass is 32.2. The van der Waals surface area contributed by atoms with E-state index in [0.717, 1.165) is 46.3 Å². The van der Waals surface area contributed by atoms with Gasteiger partial charge in [-0.1, -0.05) is 19.1 Å². The lowest BCUT2D eigenvalue weighted by Crippen LogP contribution is -2.21. The van der Waals surface area contributed by atoms with Gasteiger partial charge >= 0.3 is 0 Å². The molecule has 0 radical (unpaired) electrons. The Labute approximate surface area is 153 Å². The standard InChI is InChI=1S/C18H23N5O2S/c1-5-14-8-13(10-21-26(4,24)25)6-7-16(14)23(3)18-9-17-15(11-19-18)20-12-22(17)2/h6-9,11-12,21H,5,10H2,1-4H3. The summed E-state index contributed by atoms with van der Waals surface area (Å²) in [4.78, 5) is 10.9. The molecule has 0 atom stereocenters. The maximum atomic E-state index is 11.3. The van der Waals surface area contributed by atoms with Gasteiger partial charge in [0, 0.05) is 32.4 Å². The highest BCUT2D eigenvalue weighted by Crippen LogP contribution is 2.28. The third-order valence-electron chi connectivity index (χ3n) is 4.37. The Morgan fingerprint density at radius 3 is 2.69 bits per heavy atom. The summed E-state index contributed by atoms with van der Waals surface area (Å²) in [6.07, 6.45) is 5.55. The van der Waals surface area contributed by atoms with Crippen LogP contribution in [0.25, 0.3) is 11.0 Å². The van der Waals surface area contributed by atoms with Crippen LogP contribution in [0.3, 0.4) is 0 Å². The number of aryl methyl sites for hydroxylation is 2. The van der Waals surface area contributed by atoms with Gasteiger partial charge in [-0.25, -0.2) is 23.1 Å². The number of anilines is 2. The van der Waals surface area contributed by atoms with Crippen molar-refractivity contribution in [3.05, 3.63) is 47.9 Å². The Bertz CT molecular complexity index is 1040. The normalized spacial score (nSPS) is 11.8. The second kappa shape index (κ2) is 7.05. The molecule has 0 aliphatic rings. The molecule has 8 heteroatoms. The molecular weight excluding hydrogens is 350 g/mol. The lowest BCUT2D eigenvalue weighted by atomic mass is 10.1. The Kier molecular flexibility index (Phi) is 4.97. The molecule has 0 bridgehead atoms. The minimum absolute atomic E-state index is 0.287. The molecule has 0 amide bonds. The van der Waals surface area contributed by atoms with Crippen LogP contribution < -0.4 is 9.62 Å². The summed E-state index contributed by atoms with van der Waals surface area (Å²) in [5.41, 5.74) is 4.99. The topological polar surface area (TPSA) is 80.1 Å². The number of pyridine rings is 1. The van der Waals surface area contributed by atoms with Crippen molar-refractivity contribution in [2.75, 3.05) is 18.2 Å². The Morgan fingerprint density at radius 2 is 2.00 bits per heavy atom. The summed E-state index contributed by atoms with van der Waals surface area (Å²) in [5.74, 6) is 0.831. The largest absolute Gasteiger partial charge is 0.334 e. The van der Waals surface area contributed by atoms with Crippen LogP contribution in [-0.2, 0) is 30.0 Å². The highest BCUT2D eigenvalue weighted by Gasteiger charge is 2.13. The Morgan fingerprint density at radius 1 is 1.23 bits per heavy atom. The molecule has 0 saturated carbocycles. The minimum Gasteiger partial charge on any atom is -0.334 e. The van der Waals surface area contributed by atoms with Gasteiger partial charge in [0.1, 0.15) is 11.3 Å². The fraction of sp³-hybridized carbons (Fsp3) is 0.333. The van der Waals surface area contributed by atoms with Gasteiger partial charge in [-0.15, -0.1) is 0 Å². The molecule has 2 aromatic heterocycles. The zero-order chi connectivity index (χ0) is 18.9. The first-order chi connectivity index (χ1) is 12.3. The third kappa shape index (κ3) is 3.86. The second-order valence-corrected chi connectivity index (χ2v) is 8.19. The fourth-order valence-corrected chi connectivity index (χ4v) is 3.33. The molecule has 26 heavy (non-hydrogen) atoms. The minimum atomic E-state index is -3.21. The van der Waals surface area contributed by atoms with Gasteiger partial charge in [0.25, 0.3) is 0 Å². The molecule has 0 spiro atoms. The van der Waals surface area contributed by atoms with Gasteiger partial charge in [0.15, 0.2) is 0 Å². The van der Waals surface area contributed by atoms with Crippen molar-refractivity contribution in [3.63, 3.8) is 0 Å². The second-order valence-electron chi connectivity index (χ2n) is 6.36. The molecule has 1 N–H and O–H groups in total. The van der Waals surface area contributed by atoms with Gasteiger partial charge < -0.3 is 9.47 Å². The van der Waals surface area contributed by atoms with Crippen LogP contribution in [0.2, 0.25) is 0 Å². The first-order valence-corrected chi connectivity index (χ1v) is 10.2. The van der Waals surface area contributed by atoms with E-state index in [1.54, 1.807) is 12.5 Å². The predicted octanol–water partition coefficient (Wildman–Crippen LogP) is 2.35. The summed E-state index contributed by atoms with van der Waals surface area (Å²) in [6, 6.07) is 7.99. The van der Waals surface area contributed by atoms with Crippen molar-refractivity contribution in [3.8, 4) is 0 Å². The predicted molar refractivity (Wildman–Crippen MR) is 104 cm³/mol. The average Bonchev–Trinajstić information content (AvgIpc) is 2.99. The lowest BCUT2D eigenvalue weighted by molar-refractivity contribution is 0.587. The van der Waals surface area contributed by atoms with Crippen molar-refractivity contribution in [1.29, 1.82) is 0 Å². The molecule has 138 valence electrons. The molecule has 0 aliphatic carbocycles. The molecule has 7 nitrogen and oxygen atoms in total. The van der Waals surface area contributed by atoms with E-state index in [4.69, 9.17) is 0 Å². The van der Waals surface area contributed by atoms with Crippen LogP contribution in [0.15, 0.2) is 36.8 Å². The summed E-state index contributed by atoms with van der Waals surface area (Å²) in [6.45, 7) is 2.37. The zero-order valence-corrected chi connectivity index (χ0v) is 16.2. The monoisotopic (exact) mass is 373 g/mol. The third-order valence-corrected chi connectivity index (χ3v) is 5.03. The van der Waals surface area contributed by atoms with Crippen LogP contribution >= 0.6 is 0 Å². The Hall–Kier alpha value is -2.45. The van der Waals surface area contributed by atoms with E-state index in [0.29, 0.717) is 0 Å². The van der Waals surface area contributed by atoms with E-state index >= 15 is 0 Å². The van der Waals surface area contributed by atoms with E-state index in [2.05, 4.69) is 21.6 Å². The summed E-state index contributed by atoms with van der Waals surface area (Å²) >= 11 is 0. The van der Waals surface area contributed by atoms with Crippen LogP contribution in [0.4, 0.5) is 11.5 Å². The van der Waals surface area contributed by atoms with Crippen LogP contribution in [0, 0.1) is 0 Å². The van der Waals surface area contributed by atoms with Crippen molar-refractivity contribution in [1.82, 2.24) is 19.3 Å². The van der Waals surface area contributed by atoms with Gasteiger partial charge in [-0.2, -0.15) is 0 Å². The van der Waals surface area contributed by atoms with Crippen molar-refractivity contribution in [2.24, 2.45) is 7.05 Å². The number of hydrogen-bond donors (Lipinski definition) is 1. The molecule has 0 aliphatic heterocycles. The van der Waals surface area contributed by atoms with Crippen molar-refractivity contribution >= 4 is 32.6 Å². The van der Waals surface area contributed by atoms with Crippen LogP contribution in [-0.4, -0.2) is 36.3 Å². The van der Waals surface area contributed by atoms with E-state index in [-0.39, 0.29) is 6.54 Å². The van der Waals surface area contributed by atoms with E-state index in [1.807, 2.05) is 47.8 Å². The van der Waals surface area contributed by atoms with E-state index in [9.17, 15) is 8.42 Å². The van der Waals surface area contributed by atoms with Gasteiger partial charge in [0.2, 0.25) is 10.0 Å². The van der Waals surface area contributed by atoms with Crippen LogP contribution in [0.5, 0.6) is 0 Å². The Balaban J connectivity index is 1.92. The number of imidazole rings is 1. The molecule has 1 aromatic carbocycles. The molecular formula is C18H23N5O2S. The first-order valence-electron chi connectivity index (χ1n) is 8.35. The number of sulfonamides is 1. The molecule has 0 unspecified atom stereocenters. The van der Waals surface area contributed by atoms with E-state index in [1.165, 1.54) is 0 Å². The number of hydrogen-bond acceptors (Lipinski definition) is 5. The number of aromatic nitrogens is 3. The van der Waals surface area contributed by atoms with Crippen molar-refractivity contribution in [2.45, 2.75) is 19.9 Å². The molecule has 0 fully saturated rings. The summed E-state index contributed by atoms with van der Waals surface area (Å²) in [7, 11) is 0.729. The van der Waals surface area contributed by atoms with Gasteiger partial charge in [-0.3, -0.25) is 0 Å². The van der Waals surface area contributed by atoms with Crippen molar-refractivity contribution < 1.29 is 8.42 Å². The SMILES string of the molecule is CCc1cc(CNS(C)(=O)=O)ccc1N(C)c1cc2c(cn1)ncn2C. The van der Waals surface area contributed by atoms with Crippen LogP contribution in [0.1, 0.15) is 18.1 Å². The number of nitrogens with one attached hydrogen (secondary N) is 1. The maximum absolute atomic E-state index is 11.3. The van der Waals surface area contributed by atoms with Gasteiger partial charge in [0.05, 0.1) is 24.3 Å². The average molecular weight is 373 g/mol. The van der Waals surface area contributed by atoms with E-state index < -0.39 is 10.0 Å². The zero-order valence-electron chi connectivity index (χ0n) is 15.4. The molecule has 2 heterocycles. The molecule has 3 rings (SSSR count). The molecule has 0 saturated heterocycles.